The van der Waals surface area contributed by atoms with Crippen molar-refractivity contribution in [2.75, 3.05) is 139 Å². The number of carboxylic acids is 2. The number of aliphatic carboxylic acids is 2. The number of amides is 5. The fourth-order valence-corrected chi connectivity index (χ4v) is 19.6. The minimum atomic E-state index is -2.01. The van der Waals surface area contributed by atoms with Crippen molar-refractivity contribution in [2.24, 2.45) is 35.1 Å². The van der Waals surface area contributed by atoms with Gasteiger partial charge in [-0.05, 0) is 77.0 Å². The SMILES string of the molecule is CC1O[C@@H](O[C@@H]2C(NC(=O)c3cc(=O)[nH]c(=O)[nH]3)CC(C(=O)CCCOCCOCCN)C[C@H]2O[C@@H]2O[C@@H](CO)[C@H](O)C(O[C@@H](CC3CCCCC3)C(=O)O)C2NC(=O)CCC(=O)COCCOCCOCCOCC(=O)NCC(=O)NC2C(O[C@@H](CC3CCCCC3)C(=O)O)[C@@H](O)[C@H](CO)O[C@H]2O[C@@H]2CC(C(=O)CCCOCCOCCN)CC(NC(=O)c3cc(=O)[nH]c(=O)[nH]3)[C@H]2O[C@@H]2OC(C)[C@@H](O)[C@H](O)C2O)C(O)[C@@H](O)[C@@H]1O. The molecule has 12 unspecified atom stereocenters. The number of nitrogens with two attached hydrogens (primary N) is 2. The second-order valence-corrected chi connectivity index (χ2v) is 38.7. The van der Waals surface area contributed by atoms with Crippen molar-refractivity contribution < 1.29 is 194 Å². The molecule has 5 amide bonds. The average Bonchev–Trinajstić information content (AvgIpc) is 0.771. The first kappa shape index (κ1) is 123. The van der Waals surface area contributed by atoms with E-state index in [0.29, 0.717) is 25.7 Å². The number of ether oxygens (including phenoxy) is 18. The number of Topliss-reactive ketones (excluding diaryl/α,β-unsaturated/α-hetero) is 3. The van der Waals surface area contributed by atoms with Gasteiger partial charge < -0.3 is 195 Å². The van der Waals surface area contributed by atoms with Crippen molar-refractivity contribution in [1.82, 2.24) is 46.5 Å². The van der Waals surface area contributed by atoms with Crippen LogP contribution in [0, 0.1) is 23.7 Å². The van der Waals surface area contributed by atoms with Crippen LogP contribution in [0.25, 0.3) is 0 Å². The normalized spacial score (nSPS) is 30.9. The van der Waals surface area contributed by atoms with E-state index in [1.807, 2.05) is 9.97 Å². The molecule has 55 nitrogen and oxygen atoms in total. The van der Waals surface area contributed by atoms with Gasteiger partial charge in [-0.15, -0.1) is 0 Å². The van der Waals surface area contributed by atoms with Crippen molar-refractivity contribution in [3.63, 3.8) is 0 Å². The Balaban J connectivity index is 0.753. The number of carbonyl (C=O) groups is 10. The van der Waals surface area contributed by atoms with Gasteiger partial charge in [-0.2, -0.15) is 0 Å². The Labute approximate surface area is 861 Å². The number of hydrogen-bond donors (Lipinski definition) is 23. The maximum atomic E-state index is 14.5. The molecule has 6 heterocycles. The first-order valence-corrected chi connectivity index (χ1v) is 51.4. The van der Waals surface area contributed by atoms with E-state index >= 15 is 0 Å². The standard InChI is InChI=1S/C95H151N11O44/c1-48-74(117)78(121)80(123)92(141-48)149-82-55(99-86(125)57-41-68(113)105-94(131)101-57)37-52(59(110)15-9-21-133-25-27-135-23-19-96)39-61(82)145-90-72(84(76(119)65(44-107)147-90)143-63(88(127)128)35-50-11-5-3-6-12-50)103-67(112)18-17-54(109)46-139-33-31-137-29-30-138-32-34-140-47-71(116)98-43-70(115)104-73-85(144-64(89(129)130)36-51-13-7-4-8-14-51)77(120)66(45-108)148-91(73)146-62-40-53(60(111)16-10-22-134-26-28-136-24-20-97)38-56(100-87(126)58-42-69(114)106-95(132)102-58)83(62)150-93-81(124)79(122)75(118)49(2)142-93/h41-42,48-53,55-56,61-66,72-85,90-93,107-108,117-124H,3-40,43-47,96-97H2,1-2H3,(H,98,116)(H,99,125)(H,100,126)(H,103,112)(H,104,115)(H,127,128)(H,129,130)(H2,101,105,113,131)(H2,102,106,114,132)/t48?,49?,52?,53?,55?,56?,61-,62-,63+,64+,65+,66+,72?,73?,74-,75-,76+,77+,78+,79+,80?,81?,82-,83-,84?,85?,90-,91-,92+,93+/m1/s1. The molecule has 150 heavy (non-hydrogen) atoms. The number of hydrogen-bond acceptors (Lipinski definition) is 44. The molecule has 55 heteroatoms. The molecule has 2 aromatic heterocycles. The predicted octanol–water partition coefficient (Wildman–Crippen LogP) is -7.69. The summed E-state index contributed by atoms with van der Waals surface area (Å²) >= 11 is 0. The van der Waals surface area contributed by atoms with Crippen LogP contribution < -0.4 is 60.5 Å². The third-order valence-electron chi connectivity index (χ3n) is 27.5. The molecule has 0 radical (unpaired) electrons. The number of aliphatic hydroxyl groups excluding tert-OH is 10. The summed E-state index contributed by atoms with van der Waals surface area (Å²) in [6, 6.07) is -4.95. The number of aromatic amines is 4. The summed E-state index contributed by atoms with van der Waals surface area (Å²) < 4.78 is 108. The molecule has 8 fully saturated rings. The van der Waals surface area contributed by atoms with Crippen molar-refractivity contribution in [3.05, 3.63) is 65.2 Å². The highest BCUT2D eigenvalue weighted by Crippen LogP contribution is 2.42. The number of nitrogens with one attached hydrogen (secondary N) is 9. The van der Waals surface area contributed by atoms with Gasteiger partial charge in [-0.1, -0.05) is 64.2 Å². The molecule has 0 aromatic carbocycles. The van der Waals surface area contributed by atoms with Crippen molar-refractivity contribution >= 4 is 58.8 Å². The van der Waals surface area contributed by atoms with Crippen molar-refractivity contribution in [1.29, 1.82) is 0 Å². The van der Waals surface area contributed by atoms with Gasteiger partial charge in [-0.3, -0.25) is 57.9 Å². The minimum Gasteiger partial charge on any atom is -0.479 e. The topological polar surface area (TPSA) is 823 Å². The summed E-state index contributed by atoms with van der Waals surface area (Å²) in [6.45, 7) is 0.235. The Kier molecular flexibility index (Phi) is 52.2. The zero-order chi connectivity index (χ0) is 109. The predicted molar refractivity (Wildman–Crippen MR) is 510 cm³/mol. The molecule has 2 aromatic rings. The van der Waals surface area contributed by atoms with Gasteiger partial charge in [0.1, 0.15) is 134 Å². The quantitative estimate of drug-likeness (QED) is 0.0274. The van der Waals surface area contributed by atoms with Crippen LogP contribution in [-0.4, -0.2) is 450 Å². The molecule has 4 saturated heterocycles. The number of ketones is 3. The lowest BCUT2D eigenvalue weighted by atomic mass is 9.78. The van der Waals surface area contributed by atoms with Gasteiger partial charge in [0, 0.05) is 76.0 Å². The Morgan fingerprint density at radius 2 is 0.780 bits per heavy atom. The summed E-state index contributed by atoms with van der Waals surface area (Å²) in [4.78, 5) is 198. The molecule has 4 saturated carbocycles. The Morgan fingerprint density at radius 1 is 0.400 bits per heavy atom. The minimum absolute atomic E-state index is 0.0225. The van der Waals surface area contributed by atoms with Crippen molar-refractivity contribution in [2.45, 2.75) is 327 Å². The van der Waals surface area contributed by atoms with Gasteiger partial charge in [0.05, 0.1) is 136 Å². The highest BCUT2D eigenvalue weighted by atomic mass is 16.8. The largest absolute Gasteiger partial charge is 0.479 e. The second kappa shape index (κ2) is 63.5. The Morgan fingerprint density at radius 3 is 1.17 bits per heavy atom. The van der Waals surface area contributed by atoms with Crippen LogP contribution in [0.2, 0.25) is 0 Å². The van der Waals surface area contributed by atoms with E-state index in [0.717, 1.165) is 50.7 Å². The van der Waals surface area contributed by atoms with E-state index < -0.39 is 322 Å². The van der Waals surface area contributed by atoms with E-state index in [1.54, 1.807) is 0 Å². The molecule has 10 rings (SSSR count). The third kappa shape index (κ3) is 38.2. The van der Waals surface area contributed by atoms with Crippen LogP contribution in [0.3, 0.4) is 0 Å². The first-order chi connectivity index (χ1) is 72.0. The monoisotopic (exact) mass is 2150 g/mol. The molecule has 850 valence electrons. The van der Waals surface area contributed by atoms with E-state index in [4.69, 9.17) is 96.7 Å². The van der Waals surface area contributed by atoms with Gasteiger partial charge in [0.25, 0.3) is 22.9 Å². The second-order valence-electron chi connectivity index (χ2n) is 38.7. The van der Waals surface area contributed by atoms with Crippen LogP contribution in [0.1, 0.15) is 176 Å². The number of aromatic nitrogens is 4. The number of H-pyrrole nitrogens is 4. The first-order valence-electron chi connectivity index (χ1n) is 51.4. The fraction of sp³-hybridized carbons (Fsp3) is 0.811. The Hall–Kier alpha value is -8.54. The molecule has 8 aliphatic rings. The van der Waals surface area contributed by atoms with Gasteiger partial charge in [0.2, 0.25) is 17.7 Å². The van der Waals surface area contributed by atoms with Gasteiger partial charge in [0.15, 0.2) is 43.2 Å². The lowest BCUT2D eigenvalue weighted by Gasteiger charge is -2.49. The molecular formula is C95H151N11O44. The summed E-state index contributed by atoms with van der Waals surface area (Å²) in [7, 11) is 0. The van der Waals surface area contributed by atoms with Crippen LogP contribution in [0.5, 0.6) is 0 Å². The van der Waals surface area contributed by atoms with Crippen LogP contribution >= 0.6 is 0 Å². The van der Waals surface area contributed by atoms with E-state index in [2.05, 4.69) is 36.6 Å². The highest BCUT2D eigenvalue weighted by Gasteiger charge is 2.57. The molecule has 25 N–H and O–H groups in total. The van der Waals surface area contributed by atoms with E-state index in [1.165, 1.54) is 13.8 Å². The van der Waals surface area contributed by atoms with Crippen LogP contribution in [-0.2, 0) is 124 Å². The number of rotatable bonds is 64. The maximum Gasteiger partial charge on any atom is 0.332 e. The number of carboxylic acid groups (broad SMARTS) is 2. The molecule has 0 bridgehead atoms. The molecule has 30 atom stereocenters. The van der Waals surface area contributed by atoms with E-state index in [9.17, 15) is 128 Å². The summed E-state index contributed by atoms with van der Waals surface area (Å²) in [5, 5.41) is 147. The summed E-state index contributed by atoms with van der Waals surface area (Å²) in [6.07, 6.45) is -36.8. The lowest BCUT2D eigenvalue weighted by Crippen LogP contribution is -2.68. The smallest absolute Gasteiger partial charge is 0.332 e. The lowest BCUT2D eigenvalue weighted by molar-refractivity contribution is -0.335. The van der Waals surface area contributed by atoms with Crippen LogP contribution in [0.15, 0.2) is 31.3 Å². The van der Waals surface area contributed by atoms with Crippen LogP contribution in [0.4, 0.5) is 0 Å². The maximum absolute atomic E-state index is 14.5. The third-order valence-corrected chi connectivity index (χ3v) is 27.5. The molecular weight excluding hydrogens is 2000 g/mol. The van der Waals surface area contributed by atoms with Gasteiger partial charge >= 0.3 is 23.3 Å². The summed E-state index contributed by atoms with van der Waals surface area (Å²) in [5.74, 6) is -11.9. The number of aliphatic hydroxyl groups is 10. The zero-order valence-electron chi connectivity index (χ0n) is 84.1. The molecule has 4 aliphatic carbocycles. The molecule has 0 spiro atoms. The average molecular weight is 2150 g/mol. The van der Waals surface area contributed by atoms with Gasteiger partial charge in [-0.25, -0.2) is 19.2 Å². The fourth-order valence-electron chi connectivity index (χ4n) is 19.6. The van der Waals surface area contributed by atoms with E-state index in [-0.39, 0.29) is 182 Å². The zero-order valence-corrected chi connectivity index (χ0v) is 84.1. The molecule has 4 aliphatic heterocycles. The number of carbonyl (C=O) groups excluding carboxylic acids is 8. The van der Waals surface area contributed by atoms with Crippen molar-refractivity contribution in [3.8, 4) is 0 Å². The highest BCUT2D eigenvalue weighted by molar-refractivity contribution is 5.93. The summed E-state index contributed by atoms with van der Waals surface area (Å²) in [5.41, 5.74) is 5.81. The Bertz CT molecular complexity index is 4420.